The highest BCUT2D eigenvalue weighted by Crippen LogP contribution is 2.35. The van der Waals surface area contributed by atoms with E-state index in [-0.39, 0.29) is 24.3 Å². The van der Waals surface area contributed by atoms with Crippen molar-refractivity contribution in [2.45, 2.75) is 56.8 Å². The first-order chi connectivity index (χ1) is 10.3. The zero-order valence-electron chi connectivity index (χ0n) is 12.7. The lowest BCUT2D eigenvalue weighted by molar-refractivity contribution is -0.0555. The van der Waals surface area contributed by atoms with Crippen LogP contribution in [0.1, 0.15) is 38.5 Å². The molecule has 0 aromatic rings. The molecule has 2 bridgehead atoms. The SMILES string of the molecule is O=C(N1CCCC1)N1CCOC2CCC1C2OCC1CC1. The van der Waals surface area contributed by atoms with Crippen LogP contribution in [-0.2, 0) is 9.47 Å². The first-order valence-corrected chi connectivity index (χ1v) is 8.61. The molecule has 4 fully saturated rings. The van der Waals surface area contributed by atoms with Gasteiger partial charge in [0.15, 0.2) is 0 Å². The quantitative estimate of drug-likeness (QED) is 0.798. The Morgan fingerprint density at radius 2 is 1.90 bits per heavy atom. The molecule has 5 heteroatoms. The predicted molar refractivity (Wildman–Crippen MR) is 78.1 cm³/mol. The Labute approximate surface area is 126 Å². The summed E-state index contributed by atoms with van der Waals surface area (Å²) in [6, 6.07) is 0.438. The molecule has 21 heavy (non-hydrogen) atoms. The largest absolute Gasteiger partial charge is 0.374 e. The van der Waals surface area contributed by atoms with Crippen LogP contribution < -0.4 is 0 Å². The number of carbonyl (C=O) groups is 1. The lowest BCUT2D eigenvalue weighted by Crippen LogP contribution is -2.51. The fourth-order valence-corrected chi connectivity index (χ4v) is 3.97. The molecule has 2 aliphatic heterocycles. The molecule has 118 valence electrons. The second kappa shape index (κ2) is 5.76. The van der Waals surface area contributed by atoms with Crippen molar-refractivity contribution < 1.29 is 14.3 Å². The van der Waals surface area contributed by atoms with Crippen LogP contribution in [0.2, 0.25) is 0 Å². The standard InChI is InChI=1S/C16H26N2O3/c19-16(17-7-1-2-8-17)18-9-10-20-14-6-5-13(18)15(14)21-11-12-3-4-12/h12-15H,1-11H2. The van der Waals surface area contributed by atoms with Crippen LogP contribution in [-0.4, -0.2) is 66.9 Å². The zero-order chi connectivity index (χ0) is 14.2. The highest BCUT2D eigenvalue weighted by Gasteiger charge is 2.46. The highest BCUT2D eigenvalue weighted by molar-refractivity contribution is 5.75. The number of rotatable bonds is 3. The molecule has 4 rings (SSSR count). The Morgan fingerprint density at radius 1 is 1.10 bits per heavy atom. The molecule has 2 saturated heterocycles. The monoisotopic (exact) mass is 294 g/mol. The van der Waals surface area contributed by atoms with Crippen LogP contribution in [0.3, 0.4) is 0 Å². The van der Waals surface area contributed by atoms with E-state index in [1.54, 1.807) is 0 Å². The predicted octanol–water partition coefficient (Wildman–Crippen LogP) is 1.86. The van der Waals surface area contributed by atoms with E-state index in [1.807, 2.05) is 4.90 Å². The van der Waals surface area contributed by atoms with Gasteiger partial charge in [-0.25, -0.2) is 4.79 Å². The molecular formula is C16H26N2O3. The van der Waals surface area contributed by atoms with Crippen LogP contribution in [0.4, 0.5) is 4.79 Å². The van der Waals surface area contributed by atoms with E-state index in [0.29, 0.717) is 6.61 Å². The molecule has 2 heterocycles. The third-order valence-corrected chi connectivity index (χ3v) is 5.40. The number of amides is 2. The number of ether oxygens (including phenoxy) is 2. The Balaban J connectivity index is 1.45. The Bertz CT molecular complexity index is 393. The van der Waals surface area contributed by atoms with Crippen molar-refractivity contribution in [2.24, 2.45) is 5.92 Å². The Morgan fingerprint density at radius 3 is 2.67 bits per heavy atom. The Hall–Kier alpha value is -0.810. The van der Waals surface area contributed by atoms with Crippen LogP contribution in [0.25, 0.3) is 0 Å². The van der Waals surface area contributed by atoms with Crippen molar-refractivity contribution in [3.63, 3.8) is 0 Å². The summed E-state index contributed by atoms with van der Waals surface area (Å²) in [6.45, 7) is 4.07. The summed E-state index contributed by atoms with van der Waals surface area (Å²) < 4.78 is 12.1. The number of hydrogen-bond donors (Lipinski definition) is 0. The van der Waals surface area contributed by atoms with Crippen molar-refractivity contribution >= 4 is 6.03 Å². The van der Waals surface area contributed by atoms with Crippen molar-refractivity contribution in [3.05, 3.63) is 0 Å². The second-order valence-corrected chi connectivity index (χ2v) is 6.97. The molecular weight excluding hydrogens is 268 g/mol. The maximum Gasteiger partial charge on any atom is 0.320 e. The second-order valence-electron chi connectivity index (χ2n) is 6.97. The molecule has 2 amide bonds. The minimum atomic E-state index is 0.0969. The average Bonchev–Trinajstić information content (AvgIpc) is 3.02. The van der Waals surface area contributed by atoms with Crippen molar-refractivity contribution in [3.8, 4) is 0 Å². The van der Waals surface area contributed by atoms with E-state index in [2.05, 4.69) is 4.90 Å². The summed E-state index contributed by atoms with van der Waals surface area (Å²) >= 11 is 0. The Kier molecular flexibility index (Phi) is 3.79. The molecule has 2 aliphatic carbocycles. The molecule has 2 saturated carbocycles. The molecule has 0 aromatic heterocycles. The van der Waals surface area contributed by atoms with E-state index in [0.717, 1.165) is 57.8 Å². The van der Waals surface area contributed by atoms with Gasteiger partial charge in [0, 0.05) is 26.2 Å². The van der Waals surface area contributed by atoms with Gasteiger partial charge in [0.1, 0.15) is 6.10 Å². The number of likely N-dealkylation sites (tertiary alicyclic amines) is 1. The summed E-state index contributed by atoms with van der Waals surface area (Å²) in [5, 5.41) is 0. The molecule has 0 spiro atoms. The molecule has 5 nitrogen and oxygen atoms in total. The first kappa shape index (κ1) is 13.8. The van der Waals surface area contributed by atoms with Gasteiger partial charge in [-0.3, -0.25) is 0 Å². The van der Waals surface area contributed by atoms with E-state index in [4.69, 9.17) is 9.47 Å². The molecule has 0 aromatic carbocycles. The lowest BCUT2D eigenvalue weighted by Gasteiger charge is -2.34. The third-order valence-electron chi connectivity index (χ3n) is 5.40. The van der Waals surface area contributed by atoms with Crippen LogP contribution >= 0.6 is 0 Å². The van der Waals surface area contributed by atoms with Gasteiger partial charge in [0.25, 0.3) is 0 Å². The van der Waals surface area contributed by atoms with E-state index < -0.39 is 0 Å². The summed E-state index contributed by atoms with van der Waals surface area (Å²) in [5.74, 6) is 0.760. The van der Waals surface area contributed by atoms with Gasteiger partial charge < -0.3 is 19.3 Å². The molecule has 3 atom stereocenters. The molecule has 4 aliphatic rings. The fraction of sp³-hybridized carbons (Fsp3) is 0.938. The maximum atomic E-state index is 12.8. The normalized spacial score (nSPS) is 36.1. The van der Waals surface area contributed by atoms with Crippen LogP contribution in [0, 0.1) is 5.92 Å². The average molecular weight is 294 g/mol. The van der Waals surface area contributed by atoms with Gasteiger partial charge in [-0.1, -0.05) is 0 Å². The third kappa shape index (κ3) is 2.78. The zero-order valence-corrected chi connectivity index (χ0v) is 12.7. The van der Waals surface area contributed by atoms with Gasteiger partial charge in [-0.05, 0) is 44.4 Å². The van der Waals surface area contributed by atoms with Gasteiger partial charge in [-0.15, -0.1) is 0 Å². The topological polar surface area (TPSA) is 42.0 Å². The number of urea groups is 1. The fourth-order valence-electron chi connectivity index (χ4n) is 3.97. The highest BCUT2D eigenvalue weighted by atomic mass is 16.5. The summed E-state index contributed by atoms with van der Waals surface area (Å²) in [4.78, 5) is 16.8. The minimum absolute atomic E-state index is 0.0969. The number of nitrogens with zero attached hydrogens (tertiary/aromatic N) is 2. The van der Waals surface area contributed by atoms with Crippen molar-refractivity contribution in [1.82, 2.24) is 9.80 Å². The smallest absolute Gasteiger partial charge is 0.320 e. The van der Waals surface area contributed by atoms with Gasteiger partial charge in [-0.2, -0.15) is 0 Å². The van der Waals surface area contributed by atoms with Gasteiger partial charge >= 0.3 is 6.03 Å². The number of hydrogen-bond acceptors (Lipinski definition) is 3. The first-order valence-electron chi connectivity index (χ1n) is 8.61. The maximum absolute atomic E-state index is 12.8. The van der Waals surface area contributed by atoms with E-state index in [9.17, 15) is 4.79 Å². The van der Waals surface area contributed by atoms with Crippen LogP contribution in [0.15, 0.2) is 0 Å². The lowest BCUT2D eigenvalue weighted by atomic mass is 10.1. The minimum Gasteiger partial charge on any atom is -0.374 e. The number of carbonyl (C=O) groups excluding carboxylic acids is 1. The van der Waals surface area contributed by atoms with E-state index >= 15 is 0 Å². The van der Waals surface area contributed by atoms with E-state index in [1.165, 1.54) is 12.8 Å². The van der Waals surface area contributed by atoms with Crippen molar-refractivity contribution in [2.75, 3.05) is 32.8 Å². The van der Waals surface area contributed by atoms with Crippen molar-refractivity contribution in [1.29, 1.82) is 0 Å². The molecule has 3 unspecified atom stereocenters. The van der Waals surface area contributed by atoms with Gasteiger partial charge in [0.05, 0.1) is 18.8 Å². The molecule has 0 N–H and O–H groups in total. The number of fused-ring (bicyclic) bond motifs is 2. The van der Waals surface area contributed by atoms with Gasteiger partial charge in [0.2, 0.25) is 0 Å². The molecule has 0 radical (unpaired) electrons. The summed E-state index contributed by atoms with van der Waals surface area (Å²) in [5.41, 5.74) is 0. The van der Waals surface area contributed by atoms with Crippen LogP contribution in [0.5, 0.6) is 0 Å². The summed E-state index contributed by atoms with van der Waals surface area (Å²) in [6.07, 6.45) is 7.25. The summed E-state index contributed by atoms with van der Waals surface area (Å²) in [7, 11) is 0.